The fourth-order valence-corrected chi connectivity index (χ4v) is 12.0. The highest BCUT2D eigenvalue weighted by Gasteiger charge is 2.23. The third-order valence-corrected chi connectivity index (χ3v) is 15.2. The Hall–Kier alpha value is -10.4. The fraction of sp³-hybridized carbons (Fsp3) is 0. The zero-order valence-corrected chi connectivity index (χ0v) is 39.8. The number of fused-ring (bicyclic) bond motifs is 12. The molecule has 0 aliphatic heterocycles. The van der Waals surface area contributed by atoms with E-state index in [1.807, 2.05) is 6.07 Å². The van der Waals surface area contributed by atoms with E-state index >= 15 is 0 Å². The molecule has 0 unspecified atom stereocenters. The van der Waals surface area contributed by atoms with Crippen LogP contribution in [0, 0.1) is 22.7 Å². The fourth-order valence-electron chi connectivity index (χ4n) is 12.0. The molecule has 6 nitrogen and oxygen atoms in total. The number of nitriles is 2. The van der Waals surface area contributed by atoms with Crippen molar-refractivity contribution in [1.29, 1.82) is 10.5 Å². The Morgan fingerprint density at radius 3 is 0.946 bits per heavy atom. The lowest BCUT2D eigenvalue weighted by Crippen LogP contribution is -2.04. The van der Waals surface area contributed by atoms with E-state index in [9.17, 15) is 10.5 Å². The molecule has 0 spiro atoms. The number of rotatable bonds is 6. The molecule has 15 aromatic rings. The molecule has 4 aromatic heterocycles. The third-order valence-electron chi connectivity index (χ3n) is 15.2. The number of benzene rings is 11. The smallest absolute Gasteiger partial charge is 0.101 e. The number of para-hydroxylation sites is 6. The van der Waals surface area contributed by atoms with Crippen molar-refractivity contribution in [1.82, 2.24) is 18.3 Å². The monoisotopic (exact) mass is 940 g/mol. The predicted octanol–water partition coefficient (Wildman–Crippen LogP) is 17.2. The normalized spacial score (nSPS) is 11.8. The highest BCUT2D eigenvalue weighted by atomic mass is 15.0. The third kappa shape index (κ3) is 6.04. The van der Waals surface area contributed by atoms with Crippen LogP contribution < -0.4 is 0 Å². The van der Waals surface area contributed by atoms with E-state index in [-0.39, 0.29) is 0 Å². The van der Waals surface area contributed by atoms with Crippen LogP contribution in [0.3, 0.4) is 0 Å². The summed E-state index contributed by atoms with van der Waals surface area (Å²) in [6, 6.07) is 90.8. The maximum Gasteiger partial charge on any atom is 0.101 e. The molecule has 0 saturated heterocycles. The van der Waals surface area contributed by atoms with Gasteiger partial charge in [0, 0.05) is 54.5 Å². The first-order valence-corrected chi connectivity index (χ1v) is 24.9. The summed E-state index contributed by atoms with van der Waals surface area (Å²) in [5, 5.41) is 31.0. The highest BCUT2D eigenvalue weighted by Crippen LogP contribution is 2.42. The number of hydrogen-bond donors (Lipinski definition) is 0. The molecule has 0 N–H and O–H groups in total. The second-order valence-corrected chi connectivity index (χ2v) is 19.1. The van der Waals surface area contributed by atoms with Crippen LogP contribution in [0.15, 0.2) is 243 Å². The van der Waals surface area contributed by atoms with Crippen LogP contribution in [-0.4, -0.2) is 18.3 Å². The largest absolute Gasteiger partial charge is 0.309 e. The molecule has 0 amide bonds. The van der Waals surface area contributed by atoms with Crippen molar-refractivity contribution in [2.24, 2.45) is 0 Å². The summed E-state index contributed by atoms with van der Waals surface area (Å²) in [6.45, 7) is 0. The van der Waals surface area contributed by atoms with Crippen molar-refractivity contribution in [3.05, 3.63) is 254 Å². The van der Waals surface area contributed by atoms with E-state index in [1.165, 1.54) is 32.6 Å². The van der Waals surface area contributed by atoms with Gasteiger partial charge < -0.3 is 18.3 Å². The van der Waals surface area contributed by atoms with Gasteiger partial charge in [-0.3, -0.25) is 0 Å². The molecule has 0 radical (unpaired) electrons. The van der Waals surface area contributed by atoms with Gasteiger partial charge >= 0.3 is 0 Å². The Labute approximate surface area is 424 Å². The summed E-state index contributed by atoms with van der Waals surface area (Å²) >= 11 is 0. The second kappa shape index (κ2) is 16.1. The van der Waals surface area contributed by atoms with Gasteiger partial charge in [-0.1, -0.05) is 146 Å². The Balaban J connectivity index is 0.896. The van der Waals surface area contributed by atoms with Crippen LogP contribution >= 0.6 is 0 Å². The molecule has 6 heteroatoms. The zero-order valence-electron chi connectivity index (χ0n) is 39.8. The van der Waals surface area contributed by atoms with Gasteiger partial charge in [0.1, 0.15) is 12.1 Å². The minimum Gasteiger partial charge on any atom is -0.309 e. The van der Waals surface area contributed by atoms with Crippen LogP contribution in [0.4, 0.5) is 0 Å². The van der Waals surface area contributed by atoms with Gasteiger partial charge in [0.25, 0.3) is 0 Å². The van der Waals surface area contributed by atoms with Crippen molar-refractivity contribution >= 4 is 87.2 Å². The van der Waals surface area contributed by atoms with E-state index in [4.69, 9.17) is 0 Å². The molecule has 11 aromatic carbocycles. The van der Waals surface area contributed by atoms with Crippen molar-refractivity contribution < 1.29 is 0 Å². The summed E-state index contributed by atoms with van der Waals surface area (Å²) in [6.07, 6.45) is 0. The molecule has 0 bridgehead atoms. The molecular formula is C68H40N6. The maximum absolute atomic E-state index is 10.9. The van der Waals surface area contributed by atoms with E-state index < -0.39 is 0 Å². The topological polar surface area (TPSA) is 67.3 Å². The first-order valence-electron chi connectivity index (χ1n) is 24.9. The predicted molar refractivity (Wildman–Crippen MR) is 304 cm³/mol. The summed E-state index contributed by atoms with van der Waals surface area (Å²) in [4.78, 5) is 0. The molecular weight excluding hydrogens is 901 g/mol. The van der Waals surface area contributed by atoms with Crippen molar-refractivity contribution in [2.45, 2.75) is 0 Å². The number of hydrogen-bond acceptors (Lipinski definition) is 2. The number of aromatic nitrogens is 4. The van der Waals surface area contributed by atoms with Gasteiger partial charge in [-0.25, -0.2) is 0 Å². The second-order valence-electron chi connectivity index (χ2n) is 19.1. The SMILES string of the molecule is N#Cc1cc(C#N)c(-n2c3ccccc3c3cc(-c4ccc5c6ccccc6n(-c6ccccc6)c5c4)ccc32)cc1-n1c2ccccc2c2cc(-c3ccc4c5ccccc5n(-c5ccccc5)c4c3)ccc21. The zero-order chi connectivity index (χ0) is 49.0. The van der Waals surface area contributed by atoms with Crippen LogP contribution in [0.5, 0.6) is 0 Å². The number of nitrogens with zero attached hydrogens (tertiary/aromatic N) is 6. The van der Waals surface area contributed by atoms with Crippen molar-refractivity contribution in [3.8, 4) is 57.1 Å². The van der Waals surface area contributed by atoms with Gasteiger partial charge in [-0.2, -0.15) is 10.5 Å². The lowest BCUT2D eigenvalue weighted by Gasteiger charge is -2.16. The standard InChI is InChI=1S/C68H40N6/c69-41-47-35-48(42-70)66(74-62-26-14-10-22-54(62)58-37-44(30-34-64(58)74)46-28-32-56-52-20-8-12-24-60(52)72(68(56)39-46)50-17-5-2-6-18-50)40-65(47)73-61-25-13-9-21-53(61)57-36-43(29-33-63(57)73)45-27-31-55-51-19-7-11-23-59(51)71(67(55)38-45)49-15-3-1-4-16-49/h1-40H. The molecule has 0 aliphatic carbocycles. The molecule has 0 atom stereocenters. The van der Waals surface area contributed by atoms with E-state index in [0.717, 1.165) is 88.3 Å². The maximum atomic E-state index is 10.9. The molecule has 4 heterocycles. The highest BCUT2D eigenvalue weighted by molar-refractivity contribution is 6.15. The van der Waals surface area contributed by atoms with E-state index in [0.29, 0.717) is 22.5 Å². The average molecular weight is 941 g/mol. The Morgan fingerprint density at radius 1 is 0.230 bits per heavy atom. The van der Waals surface area contributed by atoms with Crippen LogP contribution in [0.1, 0.15) is 11.1 Å². The van der Waals surface area contributed by atoms with Crippen LogP contribution in [0.25, 0.3) is 132 Å². The first kappa shape index (κ1) is 41.4. The Kier molecular flexibility index (Phi) is 8.99. The quantitative estimate of drug-likeness (QED) is 0.167. The summed E-state index contributed by atoms with van der Waals surface area (Å²) in [7, 11) is 0. The minimum atomic E-state index is 0.419. The summed E-state index contributed by atoms with van der Waals surface area (Å²) in [5.74, 6) is 0. The van der Waals surface area contributed by atoms with Gasteiger partial charge in [0.15, 0.2) is 0 Å². The van der Waals surface area contributed by atoms with Gasteiger partial charge in [-0.05, 0) is 119 Å². The molecule has 15 rings (SSSR count). The molecule has 342 valence electrons. The van der Waals surface area contributed by atoms with Crippen LogP contribution in [0.2, 0.25) is 0 Å². The lowest BCUT2D eigenvalue weighted by atomic mass is 10.0. The molecule has 0 fully saturated rings. The van der Waals surface area contributed by atoms with Gasteiger partial charge in [-0.15, -0.1) is 0 Å². The Bertz CT molecular complexity index is 4610. The van der Waals surface area contributed by atoms with Gasteiger partial charge in [0.2, 0.25) is 0 Å². The average Bonchev–Trinajstić information content (AvgIpc) is 4.22. The lowest BCUT2D eigenvalue weighted by molar-refractivity contribution is 1.12. The van der Waals surface area contributed by atoms with Gasteiger partial charge in [0.05, 0.1) is 66.6 Å². The minimum absolute atomic E-state index is 0.419. The summed E-state index contributed by atoms with van der Waals surface area (Å²) < 4.78 is 9.11. The van der Waals surface area contributed by atoms with E-state index in [1.54, 1.807) is 6.07 Å². The van der Waals surface area contributed by atoms with E-state index in [2.05, 4.69) is 261 Å². The molecule has 74 heavy (non-hydrogen) atoms. The van der Waals surface area contributed by atoms with Crippen LogP contribution in [-0.2, 0) is 0 Å². The summed E-state index contributed by atoms with van der Waals surface area (Å²) in [5.41, 5.74) is 17.4. The Morgan fingerprint density at radius 2 is 0.541 bits per heavy atom. The van der Waals surface area contributed by atoms with Crippen molar-refractivity contribution in [2.75, 3.05) is 0 Å². The first-order chi connectivity index (χ1) is 36.6. The molecule has 0 saturated carbocycles. The molecule has 0 aliphatic rings. The van der Waals surface area contributed by atoms with Crippen molar-refractivity contribution in [3.63, 3.8) is 0 Å².